The summed E-state index contributed by atoms with van der Waals surface area (Å²) in [5.74, 6) is -5.73. The number of nitrogens with one attached hydrogen (secondary N) is 4. The lowest BCUT2D eigenvalue weighted by atomic mass is 10.1. The van der Waals surface area contributed by atoms with Gasteiger partial charge in [0.2, 0.25) is 23.6 Å². The van der Waals surface area contributed by atoms with Crippen molar-refractivity contribution in [2.45, 2.75) is 63.2 Å². The number of carbonyl (C=O) groups excluding carboxylic acids is 4. The molecule has 34 heavy (non-hydrogen) atoms. The monoisotopic (exact) mass is 483 g/mol. The summed E-state index contributed by atoms with van der Waals surface area (Å²) in [6.45, 7) is 1.23. The van der Waals surface area contributed by atoms with Crippen LogP contribution in [-0.2, 0) is 35.2 Å². The van der Waals surface area contributed by atoms with Crippen LogP contribution in [0.4, 0.5) is 0 Å². The molecule has 0 aliphatic carbocycles. The minimum Gasteiger partial charge on any atom is -0.481 e. The van der Waals surface area contributed by atoms with E-state index in [1.165, 1.54) is 19.4 Å². The Balaban J connectivity index is 2.99. The zero-order valence-corrected chi connectivity index (χ0v) is 18.4. The molecule has 0 fully saturated rings. The van der Waals surface area contributed by atoms with Crippen molar-refractivity contribution in [1.29, 1.82) is 0 Å². The SMILES string of the molecule is CC(NC(=O)C(Cc1cnc[nH]1)NC(=O)C(CCC(=O)O)NC(=O)C(N)CCC(N)=O)C(=O)O. The molecule has 0 aliphatic rings. The number of imidazole rings is 1. The van der Waals surface area contributed by atoms with Crippen LogP contribution in [0.2, 0.25) is 0 Å². The Bertz CT molecular complexity index is 889. The number of hydrogen-bond acceptors (Lipinski definition) is 8. The molecule has 0 saturated carbocycles. The first-order valence-electron chi connectivity index (χ1n) is 10.3. The van der Waals surface area contributed by atoms with Gasteiger partial charge in [-0.2, -0.15) is 0 Å². The molecular weight excluding hydrogens is 454 g/mol. The van der Waals surface area contributed by atoms with Crippen molar-refractivity contribution in [2.24, 2.45) is 11.5 Å². The third-order valence-electron chi connectivity index (χ3n) is 4.66. The number of amides is 4. The fourth-order valence-electron chi connectivity index (χ4n) is 2.72. The third kappa shape index (κ3) is 10.1. The van der Waals surface area contributed by atoms with Crippen molar-refractivity contribution in [1.82, 2.24) is 25.9 Å². The first kappa shape index (κ1) is 28.0. The Hall–Kier alpha value is -4.01. The van der Waals surface area contributed by atoms with E-state index in [0.29, 0.717) is 5.69 Å². The maximum absolute atomic E-state index is 12.9. The molecule has 4 unspecified atom stereocenters. The molecule has 15 heteroatoms. The van der Waals surface area contributed by atoms with Crippen LogP contribution in [0.15, 0.2) is 12.5 Å². The van der Waals surface area contributed by atoms with Crippen LogP contribution in [-0.4, -0.2) is 79.9 Å². The smallest absolute Gasteiger partial charge is 0.325 e. The lowest BCUT2D eigenvalue weighted by molar-refractivity contribution is -0.141. The van der Waals surface area contributed by atoms with E-state index in [2.05, 4.69) is 25.9 Å². The van der Waals surface area contributed by atoms with Crippen molar-refractivity contribution in [3.63, 3.8) is 0 Å². The highest BCUT2D eigenvalue weighted by molar-refractivity contribution is 5.94. The average Bonchev–Trinajstić information content (AvgIpc) is 3.26. The predicted molar refractivity (Wildman–Crippen MR) is 115 cm³/mol. The molecule has 0 radical (unpaired) electrons. The Morgan fingerprint density at radius 3 is 2.12 bits per heavy atom. The number of carboxylic acid groups (broad SMARTS) is 2. The van der Waals surface area contributed by atoms with Crippen LogP contribution in [0.5, 0.6) is 0 Å². The maximum atomic E-state index is 12.9. The largest absolute Gasteiger partial charge is 0.481 e. The summed E-state index contributed by atoms with van der Waals surface area (Å²) >= 11 is 0. The Kier molecular flexibility index (Phi) is 11.1. The van der Waals surface area contributed by atoms with Gasteiger partial charge < -0.3 is 42.6 Å². The summed E-state index contributed by atoms with van der Waals surface area (Å²) in [7, 11) is 0. The number of aromatic nitrogens is 2. The lowest BCUT2D eigenvalue weighted by Gasteiger charge is -2.24. The topological polar surface area (TPSA) is 260 Å². The summed E-state index contributed by atoms with van der Waals surface area (Å²) in [6, 6.07) is -5.09. The van der Waals surface area contributed by atoms with Gasteiger partial charge in [0.05, 0.1) is 12.4 Å². The molecule has 4 amide bonds. The van der Waals surface area contributed by atoms with Gasteiger partial charge in [-0.3, -0.25) is 28.8 Å². The number of rotatable bonds is 15. The second-order valence-electron chi connectivity index (χ2n) is 7.52. The molecule has 0 aromatic carbocycles. The van der Waals surface area contributed by atoms with E-state index in [1.807, 2.05) is 0 Å². The molecule has 1 heterocycles. The molecule has 4 atom stereocenters. The van der Waals surface area contributed by atoms with Crippen molar-refractivity contribution in [2.75, 3.05) is 0 Å². The minimum absolute atomic E-state index is 0.0909. The van der Waals surface area contributed by atoms with E-state index >= 15 is 0 Å². The number of nitrogens with two attached hydrogens (primary N) is 2. The third-order valence-corrected chi connectivity index (χ3v) is 4.66. The number of hydrogen-bond donors (Lipinski definition) is 8. The summed E-state index contributed by atoms with van der Waals surface area (Å²) in [4.78, 5) is 77.4. The van der Waals surface area contributed by atoms with Gasteiger partial charge in [-0.25, -0.2) is 4.98 Å². The molecule has 0 saturated heterocycles. The molecule has 0 spiro atoms. The average molecular weight is 483 g/mol. The number of carbonyl (C=O) groups is 6. The maximum Gasteiger partial charge on any atom is 0.325 e. The predicted octanol–water partition coefficient (Wildman–Crippen LogP) is -3.03. The van der Waals surface area contributed by atoms with Gasteiger partial charge in [0.1, 0.15) is 18.1 Å². The number of primary amides is 1. The Morgan fingerprint density at radius 1 is 0.971 bits per heavy atom. The summed E-state index contributed by atoms with van der Waals surface area (Å²) in [6.07, 6.45) is 1.58. The zero-order valence-electron chi connectivity index (χ0n) is 18.4. The van der Waals surface area contributed by atoms with Crippen molar-refractivity contribution >= 4 is 35.6 Å². The first-order valence-corrected chi connectivity index (χ1v) is 10.3. The molecule has 1 aromatic heterocycles. The van der Waals surface area contributed by atoms with E-state index in [0.717, 1.165) is 0 Å². The van der Waals surface area contributed by atoms with Crippen LogP contribution in [0.3, 0.4) is 0 Å². The molecule has 188 valence electrons. The second-order valence-corrected chi connectivity index (χ2v) is 7.52. The van der Waals surface area contributed by atoms with Crippen LogP contribution in [0.1, 0.15) is 38.3 Å². The number of aromatic amines is 1. The highest BCUT2D eigenvalue weighted by atomic mass is 16.4. The van der Waals surface area contributed by atoms with Gasteiger partial charge in [-0.15, -0.1) is 0 Å². The zero-order chi connectivity index (χ0) is 25.8. The van der Waals surface area contributed by atoms with Gasteiger partial charge in [0.15, 0.2) is 0 Å². The van der Waals surface area contributed by atoms with E-state index in [9.17, 15) is 28.8 Å². The molecule has 1 rings (SSSR count). The highest BCUT2D eigenvalue weighted by Crippen LogP contribution is 2.05. The molecule has 0 bridgehead atoms. The van der Waals surface area contributed by atoms with Crippen molar-refractivity contribution in [3.05, 3.63) is 18.2 Å². The molecule has 1 aromatic rings. The Morgan fingerprint density at radius 2 is 1.59 bits per heavy atom. The standard InChI is InChI=1S/C19H29N7O8/c1-9(19(33)34)24-18(32)13(6-10-7-22-8-23-10)26-17(31)12(3-5-15(28)29)25-16(30)11(20)2-4-14(21)27/h7-9,11-13H,2-6,20H2,1H3,(H2,21,27)(H,22,23)(H,24,32)(H,25,30)(H,26,31)(H,28,29)(H,33,34). The van der Waals surface area contributed by atoms with Gasteiger partial charge in [0, 0.05) is 31.2 Å². The van der Waals surface area contributed by atoms with Gasteiger partial charge in [-0.1, -0.05) is 0 Å². The number of nitrogens with zero attached hydrogens (tertiary/aromatic N) is 1. The fraction of sp³-hybridized carbons (Fsp3) is 0.526. The second kappa shape index (κ2) is 13.5. The first-order chi connectivity index (χ1) is 15.9. The summed E-state index contributed by atoms with van der Waals surface area (Å²) in [5.41, 5.74) is 11.2. The van der Waals surface area contributed by atoms with Gasteiger partial charge in [-0.05, 0) is 19.8 Å². The normalized spacial score (nSPS) is 14.2. The summed E-state index contributed by atoms with van der Waals surface area (Å²) < 4.78 is 0. The van der Waals surface area contributed by atoms with E-state index in [1.54, 1.807) is 0 Å². The number of aliphatic carboxylic acids is 2. The van der Waals surface area contributed by atoms with E-state index in [-0.39, 0.29) is 25.7 Å². The van der Waals surface area contributed by atoms with Crippen molar-refractivity contribution in [3.8, 4) is 0 Å². The van der Waals surface area contributed by atoms with E-state index < -0.39 is 66.2 Å². The van der Waals surface area contributed by atoms with Gasteiger partial charge >= 0.3 is 11.9 Å². The Labute approximate surface area is 194 Å². The lowest BCUT2D eigenvalue weighted by Crippen LogP contribution is -2.57. The number of carboxylic acids is 2. The van der Waals surface area contributed by atoms with Crippen molar-refractivity contribution < 1.29 is 39.0 Å². The van der Waals surface area contributed by atoms with Crippen LogP contribution in [0.25, 0.3) is 0 Å². The fourth-order valence-corrected chi connectivity index (χ4v) is 2.72. The molecule has 10 N–H and O–H groups in total. The molecular formula is C19H29N7O8. The van der Waals surface area contributed by atoms with Crippen LogP contribution in [0, 0.1) is 0 Å². The van der Waals surface area contributed by atoms with E-state index in [4.69, 9.17) is 21.7 Å². The molecule has 15 nitrogen and oxygen atoms in total. The minimum atomic E-state index is -1.38. The quantitative estimate of drug-likeness (QED) is 0.125. The highest BCUT2D eigenvalue weighted by Gasteiger charge is 2.30. The number of H-pyrrole nitrogens is 1. The molecule has 0 aliphatic heterocycles. The van der Waals surface area contributed by atoms with Gasteiger partial charge in [0.25, 0.3) is 0 Å². The van der Waals surface area contributed by atoms with Crippen LogP contribution < -0.4 is 27.4 Å². The van der Waals surface area contributed by atoms with Crippen LogP contribution >= 0.6 is 0 Å². The summed E-state index contributed by atoms with van der Waals surface area (Å²) in [5, 5.41) is 25.0.